The summed E-state index contributed by atoms with van der Waals surface area (Å²) in [6.45, 7) is 4.49. The van der Waals surface area contributed by atoms with Crippen LogP contribution >= 0.6 is 11.3 Å². The highest BCUT2D eigenvalue weighted by molar-refractivity contribution is 7.15. The van der Waals surface area contributed by atoms with Crippen molar-refractivity contribution >= 4 is 16.5 Å². The van der Waals surface area contributed by atoms with Crippen molar-refractivity contribution in [1.29, 1.82) is 0 Å². The summed E-state index contributed by atoms with van der Waals surface area (Å²) >= 11 is 1.99. The number of hydrogen-bond donors (Lipinski definition) is 1. The van der Waals surface area contributed by atoms with Gasteiger partial charge in [0, 0.05) is 17.5 Å². The van der Waals surface area contributed by atoms with Crippen LogP contribution in [0.4, 0.5) is 5.13 Å². The summed E-state index contributed by atoms with van der Waals surface area (Å²) in [5.74, 6) is 0.948. The van der Waals surface area contributed by atoms with Crippen LogP contribution in [0.3, 0.4) is 0 Å². The predicted molar refractivity (Wildman–Crippen MR) is 89.2 cm³/mol. The molecular formula is C17H27N3S. The molecule has 3 atom stereocenters. The van der Waals surface area contributed by atoms with Gasteiger partial charge in [-0.3, -0.25) is 0 Å². The lowest BCUT2D eigenvalue weighted by atomic mass is 9.85. The van der Waals surface area contributed by atoms with Crippen molar-refractivity contribution in [2.45, 2.75) is 70.4 Å². The van der Waals surface area contributed by atoms with Crippen LogP contribution in [-0.2, 0) is 6.42 Å². The lowest BCUT2D eigenvalue weighted by molar-refractivity contribution is 0.342. The van der Waals surface area contributed by atoms with E-state index in [-0.39, 0.29) is 0 Å². The Kier molecular flexibility index (Phi) is 3.92. The van der Waals surface area contributed by atoms with E-state index in [1.807, 2.05) is 11.3 Å². The van der Waals surface area contributed by atoms with Crippen molar-refractivity contribution in [1.82, 2.24) is 10.3 Å². The third-order valence-electron chi connectivity index (χ3n) is 5.65. The molecule has 0 amide bonds. The van der Waals surface area contributed by atoms with Crippen LogP contribution in [0.15, 0.2) is 0 Å². The number of aromatic nitrogens is 1. The first kappa shape index (κ1) is 14.0. The fourth-order valence-corrected chi connectivity index (χ4v) is 5.86. The van der Waals surface area contributed by atoms with Crippen molar-refractivity contribution in [3.05, 3.63) is 10.6 Å². The Hall–Kier alpha value is -0.610. The molecular weight excluding hydrogens is 278 g/mol. The number of nitrogens with zero attached hydrogens (tertiary/aromatic N) is 2. The van der Waals surface area contributed by atoms with Gasteiger partial charge in [0.1, 0.15) is 0 Å². The van der Waals surface area contributed by atoms with Gasteiger partial charge in [-0.1, -0.05) is 19.8 Å². The standard InChI is InChI=1S/C17H27N3S/c1-2-18-13-7-5-9-15-16(13)19-17(21-15)20-11-10-12-6-3-4-8-14(12)20/h12-14,18H,2-11H2,1H3. The van der Waals surface area contributed by atoms with Crippen LogP contribution in [0.25, 0.3) is 0 Å². The molecule has 4 heteroatoms. The lowest BCUT2D eigenvalue weighted by Crippen LogP contribution is -2.34. The molecule has 1 N–H and O–H groups in total. The first-order chi connectivity index (χ1) is 10.4. The van der Waals surface area contributed by atoms with Gasteiger partial charge >= 0.3 is 0 Å². The van der Waals surface area contributed by atoms with Gasteiger partial charge in [0.25, 0.3) is 0 Å². The summed E-state index contributed by atoms with van der Waals surface area (Å²) in [6.07, 6.45) is 10.9. The van der Waals surface area contributed by atoms with Gasteiger partial charge in [0.05, 0.1) is 11.7 Å². The van der Waals surface area contributed by atoms with Gasteiger partial charge in [-0.25, -0.2) is 4.98 Å². The predicted octanol–water partition coefficient (Wildman–Crippen LogP) is 3.90. The second kappa shape index (κ2) is 5.88. The van der Waals surface area contributed by atoms with E-state index in [1.165, 1.54) is 68.7 Å². The first-order valence-electron chi connectivity index (χ1n) is 8.86. The topological polar surface area (TPSA) is 28.2 Å². The van der Waals surface area contributed by atoms with E-state index in [9.17, 15) is 0 Å². The van der Waals surface area contributed by atoms with Gasteiger partial charge in [0.2, 0.25) is 0 Å². The van der Waals surface area contributed by atoms with E-state index in [2.05, 4.69) is 17.1 Å². The summed E-state index contributed by atoms with van der Waals surface area (Å²) in [5, 5.41) is 4.96. The summed E-state index contributed by atoms with van der Waals surface area (Å²) < 4.78 is 0. The van der Waals surface area contributed by atoms with Gasteiger partial charge < -0.3 is 10.2 Å². The van der Waals surface area contributed by atoms with E-state index < -0.39 is 0 Å². The van der Waals surface area contributed by atoms with Crippen LogP contribution < -0.4 is 10.2 Å². The molecule has 2 fully saturated rings. The van der Waals surface area contributed by atoms with Crippen molar-refractivity contribution in [2.24, 2.45) is 5.92 Å². The number of fused-ring (bicyclic) bond motifs is 2. The molecule has 0 radical (unpaired) electrons. The molecule has 3 unspecified atom stereocenters. The molecule has 21 heavy (non-hydrogen) atoms. The van der Waals surface area contributed by atoms with Crippen LogP contribution in [0.2, 0.25) is 0 Å². The minimum absolute atomic E-state index is 0.508. The number of nitrogens with one attached hydrogen (secondary N) is 1. The van der Waals surface area contributed by atoms with Crippen LogP contribution in [-0.4, -0.2) is 24.1 Å². The van der Waals surface area contributed by atoms with E-state index in [0.717, 1.165) is 18.5 Å². The average Bonchev–Trinajstić information content (AvgIpc) is 3.11. The van der Waals surface area contributed by atoms with E-state index in [4.69, 9.17) is 4.98 Å². The monoisotopic (exact) mass is 305 g/mol. The zero-order valence-electron chi connectivity index (χ0n) is 13.1. The number of aryl methyl sites for hydroxylation is 1. The van der Waals surface area contributed by atoms with Gasteiger partial charge in [0.15, 0.2) is 5.13 Å². The molecule has 0 spiro atoms. The molecule has 1 aromatic rings. The summed E-state index contributed by atoms with van der Waals surface area (Å²) in [6, 6.07) is 1.30. The molecule has 2 aliphatic carbocycles. The Balaban J connectivity index is 1.59. The molecule has 4 rings (SSSR count). The van der Waals surface area contributed by atoms with Crippen molar-refractivity contribution in [3.8, 4) is 0 Å². The maximum atomic E-state index is 5.11. The normalized spacial score (nSPS) is 32.0. The fraction of sp³-hybridized carbons (Fsp3) is 0.824. The Morgan fingerprint density at radius 1 is 1.19 bits per heavy atom. The minimum atomic E-state index is 0.508. The molecule has 2 heterocycles. The van der Waals surface area contributed by atoms with Crippen molar-refractivity contribution < 1.29 is 0 Å². The average molecular weight is 305 g/mol. The van der Waals surface area contributed by atoms with E-state index >= 15 is 0 Å². The third kappa shape index (κ3) is 2.50. The highest BCUT2D eigenvalue weighted by atomic mass is 32.1. The maximum Gasteiger partial charge on any atom is 0.186 e. The molecule has 3 aliphatic rings. The molecule has 0 aromatic carbocycles. The highest BCUT2D eigenvalue weighted by Crippen LogP contribution is 2.43. The van der Waals surface area contributed by atoms with Crippen LogP contribution in [0.1, 0.15) is 68.5 Å². The second-order valence-corrected chi connectivity index (χ2v) is 7.96. The molecule has 1 saturated carbocycles. The number of hydrogen-bond acceptors (Lipinski definition) is 4. The van der Waals surface area contributed by atoms with Crippen LogP contribution in [0.5, 0.6) is 0 Å². The molecule has 0 bridgehead atoms. The molecule has 116 valence electrons. The Morgan fingerprint density at radius 3 is 3.00 bits per heavy atom. The van der Waals surface area contributed by atoms with Crippen molar-refractivity contribution in [2.75, 3.05) is 18.0 Å². The highest BCUT2D eigenvalue weighted by Gasteiger charge is 2.38. The zero-order valence-corrected chi connectivity index (χ0v) is 13.9. The summed E-state index contributed by atoms with van der Waals surface area (Å²) in [5.41, 5.74) is 1.38. The third-order valence-corrected chi connectivity index (χ3v) is 6.82. The Morgan fingerprint density at radius 2 is 2.10 bits per heavy atom. The maximum absolute atomic E-state index is 5.11. The van der Waals surface area contributed by atoms with Gasteiger partial charge in [-0.2, -0.15) is 0 Å². The molecule has 1 aliphatic heterocycles. The van der Waals surface area contributed by atoms with Crippen molar-refractivity contribution in [3.63, 3.8) is 0 Å². The largest absolute Gasteiger partial charge is 0.345 e. The number of anilines is 1. The van der Waals surface area contributed by atoms with Crippen LogP contribution in [0, 0.1) is 5.92 Å². The second-order valence-electron chi connectivity index (χ2n) is 6.90. The molecule has 1 saturated heterocycles. The quantitative estimate of drug-likeness (QED) is 0.918. The number of thiazole rings is 1. The Labute approximate surface area is 132 Å². The van der Waals surface area contributed by atoms with Gasteiger partial charge in [-0.05, 0) is 51.0 Å². The molecule has 1 aromatic heterocycles. The summed E-state index contributed by atoms with van der Waals surface area (Å²) in [7, 11) is 0. The smallest absolute Gasteiger partial charge is 0.186 e. The van der Waals surface area contributed by atoms with E-state index in [0.29, 0.717) is 6.04 Å². The van der Waals surface area contributed by atoms with Gasteiger partial charge in [-0.15, -0.1) is 11.3 Å². The molecule has 3 nitrogen and oxygen atoms in total. The first-order valence-corrected chi connectivity index (χ1v) is 9.68. The Bertz CT molecular complexity index is 498. The fourth-order valence-electron chi connectivity index (χ4n) is 4.62. The number of rotatable bonds is 3. The lowest BCUT2D eigenvalue weighted by Gasteiger charge is -2.31. The SMILES string of the molecule is CCNC1CCCc2sc(N3CCC4CCCCC43)nc21. The summed E-state index contributed by atoms with van der Waals surface area (Å²) in [4.78, 5) is 9.33. The van der Waals surface area contributed by atoms with E-state index in [1.54, 1.807) is 4.88 Å². The zero-order chi connectivity index (χ0) is 14.2. The minimum Gasteiger partial charge on any atom is -0.345 e.